The van der Waals surface area contributed by atoms with Crippen LogP contribution in [0.4, 0.5) is 0 Å². The Bertz CT molecular complexity index is 316. The van der Waals surface area contributed by atoms with E-state index in [-0.39, 0.29) is 24.5 Å². The van der Waals surface area contributed by atoms with Crippen LogP contribution in [0.2, 0.25) is 0 Å². The number of carbonyl (C=O) groups is 2. The van der Waals surface area contributed by atoms with Crippen LogP contribution in [0.25, 0.3) is 0 Å². The molecule has 2 aliphatic rings. The number of carbonyl (C=O) groups excluding carboxylic acids is 2. The third-order valence-electron chi connectivity index (χ3n) is 4.51. The summed E-state index contributed by atoms with van der Waals surface area (Å²) in [6.45, 7) is -0.109. The molecule has 0 aromatic carbocycles. The maximum absolute atomic E-state index is 11.8. The lowest BCUT2D eigenvalue weighted by Crippen LogP contribution is -2.37. The molecule has 0 unspecified atom stereocenters. The van der Waals surface area contributed by atoms with Crippen molar-refractivity contribution in [1.82, 2.24) is 5.32 Å². The molecule has 2 aliphatic carbocycles. The van der Waals surface area contributed by atoms with Crippen LogP contribution >= 0.6 is 0 Å². The molecule has 4 heteroatoms. The Labute approximate surface area is 121 Å². The van der Waals surface area contributed by atoms with Gasteiger partial charge in [0.05, 0.1) is 0 Å². The molecule has 0 heterocycles. The lowest BCUT2D eigenvalue weighted by molar-refractivity contribution is -0.149. The molecular formula is C16H27NO3. The molecule has 1 amide bonds. The first-order chi connectivity index (χ1) is 9.74. The Balaban J connectivity index is 1.59. The second-order valence-electron chi connectivity index (χ2n) is 6.27. The highest BCUT2D eigenvalue weighted by molar-refractivity contribution is 5.80. The number of rotatable bonds is 5. The van der Waals surface area contributed by atoms with Crippen LogP contribution in [0.3, 0.4) is 0 Å². The summed E-state index contributed by atoms with van der Waals surface area (Å²) < 4.78 is 5.09. The topological polar surface area (TPSA) is 55.4 Å². The lowest BCUT2D eigenvalue weighted by atomic mass is 10.0. The van der Waals surface area contributed by atoms with Crippen LogP contribution in [0.5, 0.6) is 0 Å². The first-order valence-electron chi connectivity index (χ1n) is 8.19. The number of hydrogen-bond acceptors (Lipinski definition) is 3. The summed E-state index contributed by atoms with van der Waals surface area (Å²) >= 11 is 0. The van der Waals surface area contributed by atoms with Crippen molar-refractivity contribution < 1.29 is 14.3 Å². The van der Waals surface area contributed by atoms with Gasteiger partial charge in [0.2, 0.25) is 0 Å². The molecule has 1 N–H and O–H groups in total. The minimum absolute atomic E-state index is 0.109. The molecule has 0 spiro atoms. The molecule has 0 bridgehead atoms. The monoisotopic (exact) mass is 281 g/mol. The third-order valence-corrected chi connectivity index (χ3v) is 4.51. The normalized spacial score (nSPS) is 21.4. The molecule has 0 radical (unpaired) electrons. The maximum Gasteiger partial charge on any atom is 0.306 e. The van der Waals surface area contributed by atoms with Gasteiger partial charge in [-0.1, -0.05) is 38.5 Å². The SMILES string of the molecule is O=C(COC(=O)CC1CCCC1)NC1CCCCCC1. The molecular weight excluding hydrogens is 254 g/mol. The Morgan fingerprint density at radius 2 is 1.50 bits per heavy atom. The average Bonchev–Trinajstić information content (AvgIpc) is 2.80. The number of ether oxygens (including phenoxy) is 1. The molecule has 4 nitrogen and oxygen atoms in total. The van der Waals surface area contributed by atoms with Gasteiger partial charge >= 0.3 is 5.97 Å². The van der Waals surface area contributed by atoms with Crippen molar-refractivity contribution in [1.29, 1.82) is 0 Å². The van der Waals surface area contributed by atoms with Gasteiger partial charge in [-0.05, 0) is 31.6 Å². The predicted octanol–water partition coefficient (Wildman–Crippen LogP) is 2.95. The molecule has 2 saturated carbocycles. The van der Waals surface area contributed by atoms with Gasteiger partial charge in [-0.2, -0.15) is 0 Å². The molecule has 0 aromatic heterocycles. The lowest BCUT2D eigenvalue weighted by Gasteiger charge is -2.16. The molecule has 0 aliphatic heterocycles. The summed E-state index contributed by atoms with van der Waals surface area (Å²) in [6.07, 6.45) is 12.2. The van der Waals surface area contributed by atoms with Gasteiger partial charge in [0.15, 0.2) is 6.61 Å². The van der Waals surface area contributed by atoms with Crippen molar-refractivity contribution in [2.45, 2.75) is 76.7 Å². The predicted molar refractivity (Wildman–Crippen MR) is 77.2 cm³/mol. The number of esters is 1. The van der Waals surface area contributed by atoms with Gasteiger partial charge in [0.25, 0.3) is 5.91 Å². The zero-order chi connectivity index (χ0) is 14.2. The fourth-order valence-corrected chi connectivity index (χ4v) is 3.35. The Kier molecular flexibility index (Phi) is 6.34. The minimum Gasteiger partial charge on any atom is -0.456 e. The number of amides is 1. The van der Waals surface area contributed by atoms with Crippen LogP contribution in [0, 0.1) is 5.92 Å². The van der Waals surface area contributed by atoms with Gasteiger partial charge in [-0.3, -0.25) is 9.59 Å². The summed E-state index contributed by atoms with van der Waals surface area (Å²) in [7, 11) is 0. The largest absolute Gasteiger partial charge is 0.456 e. The average molecular weight is 281 g/mol. The van der Waals surface area contributed by atoms with Gasteiger partial charge in [0.1, 0.15) is 0 Å². The summed E-state index contributed by atoms with van der Waals surface area (Å²) in [5.41, 5.74) is 0. The van der Waals surface area contributed by atoms with Crippen LogP contribution in [-0.2, 0) is 14.3 Å². The van der Waals surface area contributed by atoms with E-state index in [2.05, 4.69) is 5.32 Å². The van der Waals surface area contributed by atoms with Gasteiger partial charge < -0.3 is 10.1 Å². The Morgan fingerprint density at radius 3 is 2.15 bits per heavy atom. The fraction of sp³-hybridized carbons (Fsp3) is 0.875. The summed E-state index contributed by atoms with van der Waals surface area (Å²) in [5.74, 6) is 0.122. The van der Waals surface area contributed by atoms with E-state index in [1.165, 1.54) is 38.5 Å². The second kappa shape index (κ2) is 8.28. The highest BCUT2D eigenvalue weighted by Crippen LogP contribution is 2.27. The molecule has 20 heavy (non-hydrogen) atoms. The van der Waals surface area contributed by atoms with Crippen LogP contribution in [0.15, 0.2) is 0 Å². The first-order valence-corrected chi connectivity index (χ1v) is 8.19. The van der Waals surface area contributed by atoms with Crippen LogP contribution in [-0.4, -0.2) is 24.5 Å². The second-order valence-corrected chi connectivity index (χ2v) is 6.27. The van der Waals surface area contributed by atoms with E-state index in [1.54, 1.807) is 0 Å². The number of hydrogen-bond donors (Lipinski definition) is 1. The highest BCUT2D eigenvalue weighted by Gasteiger charge is 2.20. The molecule has 0 aromatic rings. The molecule has 0 saturated heterocycles. The Hall–Kier alpha value is -1.06. The van der Waals surface area contributed by atoms with E-state index in [1.807, 2.05) is 0 Å². The standard InChI is InChI=1S/C16H27NO3/c18-15(17-14-9-3-1-2-4-10-14)12-20-16(19)11-13-7-5-6-8-13/h13-14H,1-12H2,(H,17,18). The first kappa shape index (κ1) is 15.3. The summed E-state index contributed by atoms with van der Waals surface area (Å²) in [6, 6.07) is 0.276. The molecule has 2 fully saturated rings. The summed E-state index contributed by atoms with van der Waals surface area (Å²) in [5, 5.41) is 2.99. The van der Waals surface area contributed by atoms with Crippen LogP contribution < -0.4 is 5.32 Å². The van der Waals surface area contributed by atoms with E-state index in [0.717, 1.165) is 25.7 Å². The molecule has 114 valence electrons. The minimum atomic E-state index is -0.215. The summed E-state index contributed by atoms with van der Waals surface area (Å²) in [4.78, 5) is 23.4. The maximum atomic E-state index is 11.8. The molecule has 0 atom stereocenters. The van der Waals surface area contributed by atoms with Gasteiger partial charge in [-0.25, -0.2) is 0 Å². The van der Waals surface area contributed by atoms with E-state index in [9.17, 15) is 9.59 Å². The van der Waals surface area contributed by atoms with Gasteiger partial charge in [0, 0.05) is 12.5 Å². The zero-order valence-electron chi connectivity index (χ0n) is 12.4. The third kappa shape index (κ3) is 5.51. The van der Waals surface area contributed by atoms with Crippen molar-refractivity contribution in [3.63, 3.8) is 0 Å². The fourth-order valence-electron chi connectivity index (χ4n) is 3.35. The van der Waals surface area contributed by atoms with Crippen molar-refractivity contribution >= 4 is 11.9 Å². The van der Waals surface area contributed by atoms with Crippen molar-refractivity contribution in [3.05, 3.63) is 0 Å². The van der Waals surface area contributed by atoms with E-state index < -0.39 is 0 Å². The number of nitrogens with one attached hydrogen (secondary N) is 1. The van der Waals surface area contributed by atoms with Crippen molar-refractivity contribution in [2.75, 3.05) is 6.61 Å². The Morgan fingerprint density at radius 1 is 0.900 bits per heavy atom. The van der Waals surface area contributed by atoms with Gasteiger partial charge in [-0.15, -0.1) is 0 Å². The highest BCUT2D eigenvalue weighted by atomic mass is 16.5. The quantitative estimate of drug-likeness (QED) is 0.622. The van der Waals surface area contributed by atoms with Crippen LogP contribution in [0.1, 0.15) is 70.6 Å². The van der Waals surface area contributed by atoms with E-state index in [4.69, 9.17) is 4.74 Å². The van der Waals surface area contributed by atoms with E-state index >= 15 is 0 Å². The van der Waals surface area contributed by atoms with Crippen molar-refractivity contribution in [2.24, 2.45) is 5.92 Å². The van der Waals surface area contributed by atoms with E-state index in [0.29, 0.717) is 12.3 Å². The molecule has 2 rings (SSSR count). The zero-order valence-corrected chi connectivity index (χ0v) is 12.4. The van der Waals surface area contributed by atoms with Crippen molar-refractivity contribution in [3.8, 4) is 0 Å². The smallest absolute Gasteiger partial charge is 0.306 e.